The molecule has 0 aromatic carbocycles. The molecule has 0 aliphatic rings. The van der Waals surface area contributed by atoms with Crippen molar-refractivity contribution >= 4 is 23.9 Å². The molecule has 2 amide bonds. The standard InChI is InChI=1S/C7H14N2O3.C5H8O5/c1-7(2,3)12-6(11)9-4-5(8)10;1-10-5(9)3(6)2-4(7)8/h4H2,1-3H3,(H2,8,10)(H,9,11);3,6H,2H2,1H3,(H,7,8). The fourth-order valence-electron chi connectivity index (χ4n) is 0.858. The predicted octanol–water partition coefficient (Wildman–Crippen LogP) is -1.01. The van der Waals surface area contributed by atoms with Crippen LogP contribution in [0.2, 0.25) is 0 Å². The number of carboxylic acids is 1. The first-order chi connectivity index (χ1) is 9.88. The van der Waals surface area contributed by atoms with Crippen LogP contribution >= 0.6 is 0 Å². The minimum absolute atomic E-state index is 0.199. The number of primary amides is 1. The van der Waals surface area contributed by atoms with Gasteiger partial charge in [-0.2, -0.15) is 0 Å². The number of amides is 2. The van der Waals surface area contributed by atoms with Gasteiger partial charge < -0.3 is 30.7 Å². The highest BCUT2D eigenvalue weighted by atomic mass is 16.6. The van der Waals surface area contributed by atoms with Gasteiger partial charge >= 0.3 is 18.0 Å². The summed E-state index contributed by atoms with van der Waals surface area (Å²) in [7, 11) is 1.08. The first-order valence-electron chi connectivity index (χ1n) is 6.12. The molecule has 10 heteroatoms. The summed E-state index contributed by atoms with van der Waals surface area (Å²) in [6.07, 6.45) is -2.81. The first-order valence-corrected chi connectivity index (χ1v) is 6.12. The van der Waals surface area contributed by atoms with E-state index in [-0.39, 0.29) is 6.54 Å². The topological polar surface area (TPSA) is 165 Å². The average molecular weight is 322 g/mol. The third-order valence-corrected chi connectivity index (χ3v) is 1.65. The van der Waals surface area contributed by atoms with Gasteiger partial charge in [-0.1, -0.05) is 0 Å². The fraction of sp³-hybridized carbons (Fsp3) is 0.667. The number of carbonyl (C=O) groups is 4. The van der Waals surface area contributed by atoms with Crippen molar-refractivity contribution in [1.29, 1.82) is 0 Å². The van der Waals surface area contributed by atoms with Gasteiger partial charge in [-0.15, -0.1) is 0 Å². The number of aliphatic carboxylic acids is 1. The zero-order valence-electron chi connectivity index (χ0n) is 12.9. The van der Waals surface area contributed by atoms with E-state index in [1.807, 2.05) is 0 Å². The molecule has 1 atom stereocenters. The second-order valence-electron chi connectivity index (χ2n) is 4.96. The highest BCUT2D eigenvalue weighted by Gasteiger charge is 2.18. The fourth-order valence-corrected chi connectivity index (χ4v) is 0.858. The highest BCUT2D eigenvalue weighted by molar-refractivity contribution is 5.81. The van der Waals surface area contributed by atoms with Crippen LogP contribution in [0.25, 0.3) is 0 Å². The number of ether oxygens (including phenoxy) is 2. The van der Waals surface area contributed by atoms with Gasteiger partial charge in [-0.05, 0) is 20.8 Å². The zero-order chi connectivity index (χ0) is 17.9. The number of rotatable bonds is 5. The lowest BCUT2D eigenvalue weighted by Gasteiger charge is -2.19. The molecule has 0 saturated carbocycles. The Labute approximate surface area is 127 Å². The SMILES string of the molecule is CC(C)(C)OC(=O)NCC(N)=O.COC(=O)C(O)CC(=O)O. The molecule has 0 aliphatic carbocycles. The van der Waals surface area contributed by atoms with Gasteiger partial charge in [0.15, 0.2) is 6.10 Å². The normalized spacial score (nSPS) is 11.3. The van der Waals surface area contributed by atoms with E-state index in [0.29, 0.717) is 0 Å². The maximum absolute atomic E-state index is 10.8. The number of hydrogen-bond acceptors (Lipinski definition) is 7. The Kier molecular flexibility index (Phi) is 10.3. The van der Waals surface area contributed by atoms with Crippen molar-refractivity contribution in [2.45, 2.75) is 38.9 Å². The Balaban J connectivity index is 0. The second-order valence-corrected chi connectivity index (χ2v) is 4.96. The molecule has 10 nitrogen and oxygen atoms in total. The molecule has 0 saturated heterocycles. The molecule has 0 aliphatic heterocycles. The summed E-state index contributed by atoms with van der Waals surface area (Å²) in [6.45, 7) is 5.00. The Hall–Kier alpha value is -2.36. The Morgan fingerprint density at radius 3 is 2.05 bits per heavy atom. The van der Waals surface area contributed by atoms with Crippen LogP contribution in [0.15, 0.2) is 0 Å². The number of hydrogen-bond donors (Lipinski definition) is 4. The molecule has 5 N–H and O–H groups in total. The number of aliphatic hydroxyl groups is 1. The molecule has 128 valence electrons. The minimum atomic E-state index is -1.55. The number of carboxylic acid groups (broad SMARTS) is 1. The molecular weight excluding hydrogens is 300 g/mol. The Morgan fingerprint density at radius 1 is 1.23 bits per heavy atom. The van der Waals surface area contributed by atoms with Crippen molar-refractivity contribution in [2.75, 3.05) is 13.7 Å². The smallest absolute Gasteiger partial charge is 0.408 e. The Bertz CT molecular complexity index is 402. The molecule has 0 heterocycles. The number of methoxy groups -OCH3 is 1. The molecule has 0 radical (unpaired) electrons. The minimum Gasteiger partial charge on any atom is -0.481 e. The van der Waals surface area contributed by atoms with Crippen molar-refractivity contribution in [3.05, 3.63) is 0 Å². The van der Waals surface area contributed by atoms with Crippen molar-refractivity contribution in [1.82, 2.24) is 5.32 Å². The first kappa shape index (κ1) is 21.9. The molecule has 0 rings (SSSR count). The van der Waals surface area contributed by atoms with Crippen LogP contribution in [0.4, 0.5) is 4.79 Å². The Morgan fingerprint density at radius 2 is 1.73 bits per heavy atom. The van der Waals surface area contributed by atoms with E-state index in [1.54, 1.807) is 20.8 Å². The van der Waals surface area contributed by atoms with Crippen molar-refractivity contribution < 1.29 is 38.9 Å². The van der Waals surface area contributed by atoms with Gasteiger partial charge in [-0.3, -0.25) is 9.59 Å². The number of nitrogens with two attached hydrogens (primary N) is 1. The van der Waals surface area contributed by atoms with E-state index in [0.717, 1.165) is 7.11 Å². The third-order valence-electron chi connectivity index (χ3n) is 1.65. The van der Waals surface area contributed by atoms with Gasteiger partial charge in [0.1, 0.15) is 5.60 Å². The molecular formula is C12H22N2O8. The lowest BCUT2D eigenvalue weighted by atomic mass is 10.2. The second kappa shape index (κ2) is 10.4. The summed E-state index contributed by atoms with van der Waals surface area (Å²) in [5.74, 6) is -2.76. The summed E-state index contributed by atoms with van der Waals surface area (Å²) in [6, 6.07) is 0. The number of carbonyl (C=O) groups excluding carboxylic acids is 3. The molecule has 0 aromatic rings. The van der Waals surface area contributed by atoms with Gasteiger partial charge in [0.2, 0.25) is 5.91 Å². The molecule has 22 heavy (non-hydrogen) atoms. The predicted molar refractivity (Wildman–Crippen MR) is 73.7 cm³/mol. The van der Waals surface area contributed by atoms with Gasteiger partial charge in [0.05, 0.1) is 20.1 Å². The van der Waals surface area contributed by atoms with Crippen LogP contribution in [0.3, 0.4) is 0 Å². The summed E-state index contributed by atoms with van der Waals surface area (Å²) < 4.78 is 8.89. The average Bonchev–Trinajstić information content (AvgIpc) is 2.33. The van der Waals surface area contributed by atoms with E-state index < -0.39 is 42.1 Å². The van der Waals surface area contributed by atoms with E-state index in [4.69, 9.17) is 20.7 Å². The van der Waals surface area contributed by atoms with E-state index in [1.165, 1.54) is 0 Å². The van der Waals surface area contributed by atoms with E-state index >= 15 is 0 Å². The van der Waals surface area contributed by atoms with Gasteiger partial charge in [-0.25, -0.2) is 9.59 Å². The van der Waals surface area contributed by atoms with Crippen LogP contribution in [0.5, 0.6) is 0 Å². The molecule has 0 fully saturated rings. The molecule has 1 unspecified atom stereocenters. The number of alkyl carbamates (subject to hydrolysis) is 1. The van der Waals surface area contributed by atoms with Gasteiger partial charge in [0.25, 0.3) is 0 Å². The number of aliphatic hydroxyl groups excluding tert-OH is 1. The summed E-state index contributed by atoms with van der Waals surface area (Å²) in [5.41, 5.74) is 4.24. The van der Waals surface area contributed by atoms with Gasteiger partial charge in [0, 0.05) is 0 Å². The quantitative estimate of drug-likeness (QED) is 0.467. The van der Waals surface area contributed by atoms with Crippen LogP contribution in [0, 0.1) is 0 Å². The highest BCUT2D eigenvalue weighted by Crippen LogP contribution is 2.05. The molecule has 0 aromatic heterocycles. The summed E-state index contributed by atoms with van der Waals surface area (Å²) in [4.78, 5) is 41.2. The van der Waals surface area contributed by atoms with Crippen LogP contribution in [-0.2, 0) is 23.9 Å². The van der Waals surface area contributed by atoms with Crippen molar-refractivity contribution in [3.8, 4) is 0 Å². The van der Waals surface area contributed by atoms with Crippen molar-refractivity contribution in [3.63, 3.8) is 0 Å². The van der Waals surface area contributed by atoms with Crippen LogP contribution in [0.1, 0.15) is 27.2 Å². The summed E-state index contributed by atoms with van der Waals surface area (Å²) in [5, 5.41) is 18.9. The van der Waals surface area contributed by atoms with Crippen LogP contribution < -0.4 is 11.1 Å². The number of nitrogens with one attached hydrogen (secondary N) is 1. The van der Waals surface area contributed by atoms with E-state index in [2.05, 4.69) is 10.1 Å². The van der Waals surface area contributed by atoms with Crippen molar-refractivity contribution in [2.24, 2.45) is 5.73 Å². The summed E-state index contributed by atoms with van der Waals surface area (Å²) >= 11 is 0. The zero-order valence-corrected chi connectivity index (χ0v) is 12.9. The number of esters is 1. The molecule has 0 spiro atoms. The maximum Gasteiger partial charge on any atom is 0.408 e. The lowest BCUT2D eigenvalue weighted by molar-refractivity contribution is -0.155. The maximum atomic E-state index is 10.8. The lowest BCUT2D eigenvalue weighted by Crippen LogP contribution is -2.37. The van der Waals surface area contributed by atoms with Crippen LogP contribution in [-0.4, -0.2) is 59.5 Å². The third kappa shape index (κ3) is 15.7. The van der Waals surface area contributed by atoms with E-state index in [9.17, 15) is 19.2 Å². The monoisotopic (exact) mass is 322 g/mol. The molecule has 0 bridgehead atoms. The largest absolute Gasteiger partial charge is 0.481 e.